The smallest absolute Gasteiger partial charge is 0.281 e. The molecule has 0 saturated heterocycles. The van der Waals surface area contributed by atoms with E-state index in [0.29, 0.717) is 0 Å². The molecule has 6 N–H and O–H groups in total. The lowest BCUT2D eigenvalue weighted by Gasteiger charge is -2.01. The molecule has 0 aliphatic carbocycles. The first-order valence-electron chi connectivity index (χ1n) is 5.09. The van der Waals surface area contributed by atoms with Gasteiger partial charge in [0, 0.05) is 12.1 Å². The Balaban J connectivity index is 3.46. The number of benzene rings is 1. The summed E-state index contributed by atoms with van der Waals surface area (Å²) in [4.78, 5) is 27.3. The van der Waals surface area contributed by atoms with Crippen molar-refractivity contribution in [3.05, 3.63) is 37.9 Å². The molecule has 1 rings (SSSR count). The summed E-state index contributed by atoms with van der Waals surface area (Å²) < 4.78 is 0. The van der Waals surface area contributed by atoms with Gasteiger partial charge in [-0.2, -0.15) is 4.99 Å². The molecule has 20 heavy (non-hydrogen) atoms. The zero-order valence-electron chi connectivity index (χ0n) is 10.3. The van der Waals surface area contributed by atoms with Gasteiger partial charge in [-0.05, 0) is 6.92 Å². The first-order valence-corrected chi connectivity index (χ1v) is 5.09. The number of nitrogens with zero attached hydrogens (tertiary/aromatic N) is 4. The molecule has 1 aromatic rings. The summed E-state index contributed by atoms with van der Waals surface area (Å²) in [7, 11) is 0. The van der Waals surface area contributed by atoms with Crippen LogP contribution in [0.25, 0.3) is 0 Å². The van der Waals surface area contributed by atoms with Gasteiger partial charge in [0.15, 0.2) is 5.96 Å². The van der Waals surface area contributed by atoms with Crippen LogP contribution in [0.3, 0.4) is 0 Å². The highest BCUT2D eigenvalue weighted by atomic mass is 16.6. The zero-order valence-corrected chi connectivity index (χ0v) is 10.3. The predicted molar refractivity (Wildman–Crippen MR) is 71.6 cm³/mol. The number of nitrogens with two attached hydrogens (primary N) is 3. The van der Waals surface area contributed by atoms with Crippen molar-refractivity contribution in [3.63, 3.8) is 0 Å². The quantitative estimate of drug-likeness (QED) is 0.301. The number of rotatable bonds is 3. The Labute approximate surface area is 112 Å². The molecule has 0 aliphatic heterocycles. The van der Waals surface area contributed by atoms with Gasteiger partial charge in [0.1, 0.15) is 5.56 Å². The molecule has 0 saturated carbocycles. The molecule has 0 bridgehead atoms. The third kappa shape index (κ3) is 3.38. The molecule has 0 radical (unpaired) electrons. The summed E-state index contributed by atoms with van der Waals surface area (Å²) in [5, 5.41) is 21.7. The van der Waals surface area contributed by atoms with Crippen LogP contribution < -0.4 is 17.2 Å². The third-order valence-electron chi connectivity index (χ3n) is 2.22. The van der Waals surface area contributed by atoms with Gasteiger partial charge in [-0.15, -0.1) is 0 Å². The van der Waals surface area contributed by atoms with E-state index < -0.39 is 21.2 Å². The largest absolute Gasteiger partial charge is 0.370 e. The summed E-state index contributed by atoms with van der Waals surface area (Å²) >= 11 is 0. The maximum atomic E-state index is 10.8. The van der Waals surface area contributed by atoms with Crippen molar-refractivity contribution < 1.29 is 9.85 Å². The van der Waals surface area contributed by atoms with Crippen molar-refractivity contribution in [2.75, 3.05) is 0 Å². The van der Waals surface area contributed by atoms with Crippen LogP contribution in [0.15, 0.2) is 22.1 Å². The fraction of sp³-hybridized carbons (Fsp3) is 0.111. The molecule has 11 nitrogen and oxygen atoms in total. The van der Waals surface area contributed by atoms with Crippen LogP contribution in [0.2, 0.25) is 0 Å². The highest BCUT2D eigenvalue weighted by molar-refractivity contribution is 5.93. The Hall–Kier alpha value is -3.24. The second kappa shape index (κ2) is 5.60. The monoisotopic (exact) mass is 281 g/mol. The molecule has 0 spiro atoms. The van der Waals surface area contributed by atoms with Gasteiger partial charge in [-0.3, -0.25) is 20.2 Å². The molecule has 106 valence electrons. The highest BCUT2D eigenvalue weighted by Gasteiger charge is 2.23. The van der Waals surface area contributed by atoms with Gasteiger partial charge in [0.25, 0.3) is 11.4 Å². The summed E-state index contributed by atoms with van der Waals surface area (Å²) in [5.74, 6) is -0.736. The summed E-state index contributed by atoms with van der Waals surface area (Å²) in [6.45, 7) is 1.27. The van der Waals surface area contributed by atoms with Gasteiger partial charge in [-0.1, -0.05) is 0 Å². The maximum Gasteiger partial charge on any atom is 0.281 e. The SMILES string of the molecule is Cc1c([N+](=O)[O-])cc(N=C(N)N=C(N)N)cc1[N+](=O)[O-]. The first kappa shape index (κ1) is 14.8. The summed E-state index contributed by atoms with van der Waals surface area (Å²) in [6, 6.07) is 2.08. The molecule has 0 atom stereocenters. The van der Waals surface area contributed by atoms with E-state index >= 15 is 0 Å². The fourth-order valence-electron chi connectivity index (χ4n) is 1.40. The van der Waals surface area contributed by atoms with Crippen LogP contribution in [-0.4, -0.2) is 21.8 Å². The van der Waals surface area contributed by atoms with Crippen LogP contribution in [0.5, 0.6) is 0 Å². The molecule has 0 fully saturated rings. The lowest BCUT2D eigenvalue weighted by Crippen LogP contribution is -2.26. The molecular formula is C9H11N7O4. The van der Waals surface area contributed by atoms with Crippen LogP contribution in [-0.2, 0) is 0 Å². The minimum absolute atomic E-state index is 0.0839. The van der Waals surface area contributed by atoms with Crippen molar-refractivity contribution >= 4 is 29.0 Å². The van der Waals surface area contributed by atoms with E-state index in [0.717, 1.165) is 12.1 Å². The molecular weight excluding hydrogens is 270 g/mol. The van der Waals surface area contributed by atoms with Crippen molar-refractivity contribution in [1.29, 1.82) is 0 Å². The van der Waals surface area contributed by atoms with E-state index in [4.69, 9.17) is 17.2 Å². The summed E-state index contributed by atoms with van der Waals surface area (Å²) in [6.07, 6.45) is 0. The predicted octanol–water partition coefficient (Wildman–Crippen LogP) is 0.0310. The normalized spacial score (nSPS) is 10.9. The Kier molecular flexibility index (Phi) is 4.15. The lowest BCUT2D eigenvalue weighted by molar-refractivity contribution is -0.395. The van der Waals surface area contributed by atoms with E-state index in [-0.39, 0.29) is 23.2 Å². The third-order valence-corrected chi connectivity index (χ3v) is 2.22. The highest BCUT2D eigenvalue weighted by Crippen LogP contribution is 2.32. The van der Waals surface area contributed by atoms with Crippen molar-refractivity contribution in [3.8, 4) is 0 Å². The van der Waals surface area contributed by atoms with E-state index in [1.165, 1.54) is 6.92 Å². The zero-order chi connectivity index (χ0) is 15.4. The Morgan fingerprint density at radius 2 is 1.55 bits per heavy atom. The van der Waals surface area contributed by atoms with Gasteiger partial charge in [0.2, 0.25) is 5.96 Å². The van der Waals surface area contributed by atoms with Gasteiger partial charge in [0.05, 0.1) is 15.5 Å². The van der Waals surface area contributed by atoms with Gasteiger partial charge >= 0.3 is 0 Å². The van der Waals surface area contributed by atoms with E-state index in [1.807, 2.05) is 0 Å². The Morgan fingerprint density at radius 1 is 1.10 bits per heavy atom. The van der Waals surface area contributed by atoms with Gasteiger partial charge in [-0.25, -0.2) is 4.99 Å². The van der Waals surface area contributed by atoms with Crippen LogP contribution >= 0.6 is 0 Å². The van der Waals surface area contributed by atoms with Crippen molar-refractivity contribution in [2.45, 2.75) is 6.92 Å². The minimum atomic E-state index is -0.752. The average molecular weight is 281 g/mol. The second-order valence-electron chi connectivity index (χ2n) is 3.63. The number of hydrogen-bond donors (Lipinski definition) is 3. The number of nitro groups is 2. The molecule has 0 aromatic heterocycles. The van der Waals surface area contributed by atoms with Crippen molar-refractivity contribution in [1.82, 2.24) is 0 Å². The van der Waals surface area contributed by atoms with Crippen LogP contribution in [0, 0.1) is 27.2 Å². The average Bonchev–Trinajstić information content (AvgIpc) is 2.29. The maximum absolute atomic E-state index is 10.8. The van der Waals surface area contributed by atoms with E-state index in [1.54, 1.807) is 0 Å². The van der Waals surface area contributed by atoms with Crippen molar-refractivity contribution in [2.24, 2.45) is 27.2 Å². The molecule has 0 unspecified atom stereocenters. The van der Waals surface area contributed by atoms with Crippen LogP contribution in [0.4, 0.5) is 17.1 Å². The molecule has 0 heterocycles. The number of hydrogen-bond acceptors (Lipinski definition) is 5. The summed E-state index contributed by atoms with van der Waals surface area (Å²) in [5.41, 5.74) is 14.4. The number of nitro benzene ring substituents is 2. The van der Waals surface area contributed by atoms with Crippen LogP contribution in [0.1, 0.15) is 5.56 Å². The topological polar surface area (TPSA) is 189 Å². The first-order chi connectivity index (χ1) is 9.22. The van der Waals surface area contributed by atoms with E-state index in [2.05, 4.69) is 9.98 Å². The lowest BCUT2D eigenvalue weighted by atomic mass is 10.1. The number of guanidine groups is 2. The minimum Gasteiger partial charge on any atom is -0.370 e. The Bertz CT molecular complexity index is 598. The molecule has 1 aromatic carbocycles. The van der Waals surface area contributed by atoms with E-state index in [9.17, 15) is 20.2 Å². The molecule has 0 aliphatic rings. The second-order valence-corrected chi connectivity index (χ2v) is 3.63. The fourth-order valence-corrected chi connectivity index (χ4v) is 1.40. The Morgan fingerprint density at radius 3 is 1.90 bits per heavy atom. The molecule has 11 heteroatoms. The molecule has 0 amide bonds. The number of aliphatic imine (C=N–C) groups is 2. The van der Waals surface area contributed by atoms with Gasteiger partial charge < -0.3 is 17.2 Å². The standard InChI is InChI=1S/C9H11N7O4/c1-4-6(15(17)18)2-5(3-7(4)16(19)20)13-9(12)14-8(10)11/h2-3H,1H3,(H6,10,11,12,13,14).